The predicted molar refractivity (Wildman–Crippen MR) is 153 cm³/mol. The van der Waals surface area contributed by atoms with Gasteiger partial charge in [-0.1, -0.05) is 41.9 Å². The first-order valence-electron chi connectivity index (χ1n) is 13.3. The van der Waals surface area contributed by atoms with E-state index in [-0.39, 0.29) is 29.1 Å². The van der Waals surface area contributed by atoms with E-state index in [1.807, 2.05) is 28.8 Å². The van der Waals surface area contributed by atoms with Crippen molar-refractivity contribution in [1.82, 2.24) is 24.8 Å². The van der Waals surface area contributed by atoms with E-state index in [2.05, 4.69) is 34.8 Å². The lowest BCUT2D eigenvalue weighted by Gasteiger charge is -2.29. The largest absolute Gasteiger partial charge is 0.364 e. The smallest absolute Gasteiger partial charge is 0.227 e. The molecule has 1 fully saturated rings. The highest BCUT2D eigenvalue weighted by molar-refractivity contribution is 6.31. The van der Waals surface area contributed by atoms with Crippen LogP contribution in [-0.4, -0.2) is 37.5 Å². The second-order valence-corrected chi connectivity index (χ2v) is 10.8. The van der Waals surface area contributed by atoms with E-state index in [1.54, 1.807) is 25.4 Å². The molecule has 0 aliphatic heterocycles. The molecule has 10 heteroatoms. The number of imidazole rings is 1. The maximum absolute atomic E-state index is 13.5. The highest BCUT2D eigenvalue weighted by Crippen LogP contribution is 2.28. The van der Waals surface area contributed by atoms with Crippen molar-refractivity contribution in [3.05, 3.63) is 65.2 Å². The number of aromatic nitrogens is 4. The molecule has 0 spiro atoms. The maximum Gasteiger partial charge on any atom is 0.227 e. The lowest BCUT2D eigenvalue weighted by atomic mass is 9.91. The van der Waals surface area contributed by atoms with Crippen LogP contribution < -0.4 is 16.0 Å². The van der Waals surface area contributed by atoms with Crippen LogP contribution in [0.4, 0.5) is 16.2 Å². The molecule has 0 saturated heterocycles. The molecule has 2 aromatic carbocycles. The number of fused-ring (bicyclic) bond motifs is 1. The Hall–Kier alpha value is -3.72. The van der Waals surface area contributed by atoms with Gasteiger partial charge in [0.2, 0.25) is 11.9 Å². The van der Waals surface area contributed by atoms with E-state index < -0.39 is 5.82 Å². The second-order valence-electron chi connectivity index (χ2n) is 10.4. The van der Waals surface area contributed by atoms with Crippen molar-refractivity contribution in [3.63, 3.8) is 0 Å². The molecule has 0 radical (unpaired) electrons. The van der Waals surface area contributed by atoms with Gasteiger partial charge in [-0.3, -0.25) is 4.79 Å². The van der Waals surface area contributed by atoms with E-state index in [9.17, 15) is 9.18 Å². The zero-order valence-corrected chi connectivity index (χ0v) is 23.1. The third-order valence-corrected chi connectivity index (χ3v) is 7.40. The second kappa shape index (κ2) is 11.6. The van der Waals surface area contributed by atoms with E-state index in [0.717, 1.165) is 53.5 Å². The number of amides is 1. The van der Waals surface area contributed by atoms with Gasteiger partial charge in [-0.25, -0.2) is 9.37 Å². The van der Waals surface area contributed by atoms with Crippen LogP contribution in [0.2, 0.25) is 5.02 Å². The molecule has 1 saturated carbocycles. The Bertz CT molecular complexity index is 1460. The fourth-order valence-corrected chi connectivity index (χ4v) is 5.19. The number of benzene rings is 2. The van der Waals surface area contributed by atoms with Crippen LogP contribution in [0.25, 0.3) is 22.3 Å². The van der Waals surface area contributed by atoms with Crippen LogP contribution in [0.3, 0.4) is 0 Å². The molecular formula is C29H33ClFN7O. The number of nitrogens with one attached hydrogen (secondary N) is 3. The summed E-state index contributed by atoms with van der Waals surface area (Å²) < 4.78 is 15.6. The minimum absolute atomic E-state index is 0.0207. The van der Waals surface area contributed by atoms with Gasteiger partial charge in [-0.15, -0.1) is 0 Å². The molecular weight excluding hydrogens is 517 g/mol. The number of hydrogen-bond acceptors (Lipinski definition) is 6. The lowest BCUT2D eigenvalue weighted by molar-refractivity contribution is -0.119. The molecule has 0 bridgehead atoms. The maximum atomic E-state index is 13.5. The fourth-order valence-electron chi connectivity index (χ4n) is 5.01. The van der Waals surface area contributed by atoms with Gasteiger partial charge < -0.3 is 20.5 Å². The number of halogens is 2. The van der Waals surface area contributed by atoms with Gasteiger partial charge in [-0.2, -0.15) is 9.97 Å². The SMILES string of the molecule is CC(=O)NC1CCC(Nc2nc(NCc3ccc(-c4ccc(F)c(Cl)c4)cc3)c3ncn(C(C)C)c3n2)CC1. The summed E-state index contributed by atoms with van der Waals surface area (Å²) in [7, 11) is 0. The van der Waals surface area contributed by atoms with Crippen molar-refractivity contribution in [1.29, 1.82) is 0 Å². The van der Waals surface area contributed by atoms with Gasteiger partial charge in [0.15, 0.2) is 17.0 Å². The lowest BCUT2D eigenvalue weighted by Crippen LogP contribution is -2.39. The van der Waals surface area contributed by atoms with Gasteiger partial charge >= 0.3 is 0 Å². The third kappa shape index (κ3) is 6.30. The summed E-state index contributed by atoms with van der Waals surface area (Å²) in [5.74, 6) is 0.832. The number of nitrogens with zero attached hydrogens (tertiary/aromatic N) is 4. The molecule has 0 unspecified atom stereocenters. The van der Waals surface area contributed by atoms with Crippen molar-refractivity contribution >= 4 is 40.4 Å². The number of carbonyl (C=O) groups is 1. The normalized spacial score (nSPS) is 17.4. The number of carbonyl (C=O) groups excluding carboxylic acids is 1. The first-order chi connectivity index (χ1) is 18.8. The van der Waals surface area contributed by atoms with Gasteiger partial charge in [0, 0.05) is 31.6 Å². The van der Waals surface area contributed by atoms with Crippen LogP contribution >= 0.6 is 11.6 Å². The topological polar surface area (TPSA) is 96.8 Å². The van der Waals surface area contributed by atoms with Crippen molar-refractivity contribution in [2.24, 2.45) is 0 Å². The third-order valence-electron chi connectivity index (χ3n) is 7.11. The average Bonchev–Trinajstić information content (AvgIpc) is 3.35. The van der Waals surface area contributed by atoms with Gasteiger partial charge in [0.25, 0.3) is 0 Å². The van der Waals surface area contributed by atoms with Crippen molar-refractivity contribution in [3.8, 4) is 11.1 Å². The van der Waals surface area contributed by atoms with E-state index >= 15 is 0 Å². The zero-order chi connectivity index (χ0) is 27.5. The van der Waals surface area contributed by atoms with Crippen LogP contribution in [0, 0.1) is 5.82 Å². The summed E-state index contributed by atoms with van der Waals surface area (Å²) in [5, 5.41) is 10.1. The molecule has 1 aliphatic carbocycles. The molecule has 0 atom stereocenters. The fraction of sp³-hybridized carbons (Fsp3) is 0.379. The molecule has 8 nitrogen and oxygen atoms in total. The Morgan fingerprint density at radius 1 is 1.05 bits per heavy atom. The highest BCUT2D eigenvalue weighted by Gasteiger charge is 2.23. The minimum atomic E-state index is -0.427. The first kappa shape index (κ1) is 26.9. The standard InChI is InChI=1S/C29H33ClFN7O/c1-17(2)38-16-33-26-27(32-15-19-4-6-20(7-5-19)21-8-13-25(31)24(30)14-21)36-29(37-28(26)38)35-23-11-9-22(10-12-23)34-18(3)39/h4-8,13-14,16-17,22-23H,9-12,15H2,1-3H3,(H,34,39)(H2,32,35,36,37). The molecule has 39 heavy (non-hydrogen) atoms. The molecule has 5 rings (SSSR count). The van der Waals surface area contributed by atoms with E-state index in [0.29, 0.717) is 18.3 Å². The molecule has 2 heterocycles. The predicted octanol–water partition coefficient (Wildman–Crippen LogP) is 6.34. The summed E-state index contributed by atoms with van der Waals surface area (Å²) in [6, 6.07) is 13.4. The van der Waals surface area contributed by atoms with Gasteiger partial charge in [-0.05, 0) is 68.4 Å². The first-order valence-corrected chi connectivity index (χ1v) is 13.7. The quantitative estimate of drug-likeness (QED) is 0.237. The number of rotatable bonds is 8. The molecule has 3 N–H and O–H groups in total. The van der Waals surface area contributed by atoms with Crippen LogP contribution in [0.15, 0.2) is 48.8 Å². The summed E-state index contributed by atoms with van der Waals surface area (Å²) in [4.78, 5) is 25.6. The molecule has 1 amide bonds. The average molecular weight is 550 g/mol. The number of anilines is 2. The molecule has 2 aromatic heterocycles. The van der Waals surface area contributed by atoms with E-state index in [4.69, 9.17) is 21.6 Å². The molecule has 4 aromatic rings. The Balaban J connectivity index is 1.32. The Labute approximate surface area is 232 Å². The zero-order valence-electron chi connectivity index (χ0n) is 22.3. The molecule has 204 valence electrons. The Morgan fingerprint density at radius 2 is 1.74 bits per heavy atom. The molecule has 1 aliphatic rings. The minimum Gasteiger partial charge on any atom is -0.364 e. The highest BCUT2D eigenvalue weighted by atomic mass is 35.5. The number of hydrogen-bond donors (Lipinski definition) is 3. The summed E-state index contributed by atoms with van der Waals surface area (Å²) in [6.45, 7) is 6.31. The van der Waals surface area contributed by atoms with Crippen LogP contribution in [0.5, 0.6) is 0 Å². The van der Waals surface area contributed by atoms with Crippen molar-refractivity contribution < 1.29 is 9.18 Å². The Kier molecular flexibility index (Phi) is 7.97. The van der Waals surface area contributed by atoms with Gasteiger partial charge in [0.05, 0.1) is 11.3 Å². The van der Waals surface area contributed by atoms with Crippen LogP contribution in [-0.2, 0) is 11.3 Å². The van der Waals surface area contributed by atoms with Crippen molar-refractivity contribution in [2.45, 2.75) is 71.1 Å². The Morgan fingerprint density at radius 3 is 2.41 bits per heavy atom. The van der Waals surface area contributed by atoms with Crippen molar-refractivity contribution in [2.75, 3.05) is 10.6 Å². The van der Waals surface area contributed by atoms with Gasteiger partial charge in [0.1, 0.15) is 5.82 Å². The summed E-state index contributed by atoms with van der Waals surface area (Å²) in [6.07, 6.45) is 5.53. The monoisotopic (exact) mass is 549 g/mol. The summed E-state index contributed by atoms with van der Waals surface area (Å²) >= 11 is 5.96. The van der Waals surface area contributed by atoms with Crippen LogP contribution in [0.1, 0.15) is 58.1 Å². The summed E-state index contributed by atoms with van der Waals surface area (Å²) in [5.41, 5.74) is 4.38. The van der Waals surface area contributed by atoms with E-state index in [1.165, 1.54) is 6.07 Å².